The minimum Gasteiger partial charge on any atom is -0.407 e. The summed E-state index contributed by atoms with van der Waals surface area (Å²) in [5, 5.41) is 12.2. The zero-order valence-electron chi connectivity index (χ0n) is 12.0. The van der Waals surface area contributed by atoms with Crippen molar-refractivity contribution in [3.63, 3.8) is 0 Å². The zero-order chi connectivity index (χ0) is 14.7. The van der Waals surface area contributed by atoms with Gasteiger partial charge >= 0.3 is 6.01 Å². The van der Waals surface area contributed by atoms with Crippen LogP contribution in [0.3, 0.4) is 0 Å². The lowest BCUT2D eigenvalue weighted by Gasteiger charge is -2.03. The van der Waals surface area contributed by atoms with Crippen molar-refractivity contribution in [3.05, 3.63) is 35.2 Å². The molecule has 1 aromatic carbocycles. The van der Waals surface area contributed by atoms with Crippen molar-refractivity contribution < 1.29 is 4.42 Å². The van der Waals surface area contributed by atoms with Crippen molar-refractivity contribution >= 4 is 27.6 Å². The maximum absolute atomic E-state index is 5.50. The normalized spacial score (nSPS) is 11.4. The Bertz CT molecular complexity index is 688. The molecule has 0 radical (unpaired) electrons. The summed E-state index contributed by atoms with van der Waals surface area (Å²) in [6.07, 6.45) is 0.838. The van der Waals surface area contributed by atoms with E-state index in [1.54, 1.807) is 11.3 Å². The Kier molecular flexibility index (Phi) is 4.12. The van der Waals surface area contributed by atoms with Crippen LogP contribution in [0.25, 0.3) is 10.2 Å². The Morgan fingerprint density at radius 1 is 1.24 bits per heavy atom. The molecule has 0 fully saturated rings. The van der Waals surface area contributed by atoms with Gasteiger partial charge in [-0.2, -0.15) is 0 Å². The number of para-hydroxylation sites is 1. The lowest BCUT2D eigenvalue weighted by Crippen LogP contribution is -2.10. The maximum Gasteiger partial charge on any atom is 0.315 e. The van der Waals surface area contributed by atoms with E-state index in [0.717, 1.165) is 23.5 Å². The highest BCUT2D eigenvalue weighted by Gasteiger charge is 2.07. The van der Waals surface area contributed by atoms with Gasteiger partial charge < -0.3 is 14.6 Å². The van der Waals surface area contributed by atoms with Gasteiger partial charge in [0, 0.05) is 13.0 Å². The smallest absolute Gasteiger partial charge is 0.315 e. The summed E-state index contributed by atoms with van der Waals surface area (Å²) in [7, 11) is 3.93. The summed E-state index contributed by atoms with van der Waals surface area (Å²) in [5.74, 6) is 0.613. The Morgan fingerprint density at radius 2 is 2.10 bits per heavy atom. The van der Waals surface area contributed by atoms with Crippen molar-refractivity contribution in [1.82, 2.24) is 20.1 Å². The highest BCUT2D eigenvalue weighted by atomic mass is 32.1. The average Bonchev–Trinajstić information content (AvgIpc) is 3.04. The van der Waals surface area contributed by atoms with Gasteiger partial charge in [-0.25, -0.2) is 4.98 Å². The highest BCUT2D eigenvalue weighted by Crippen LogP contribution is 2.21. The molecular weight excluding hydrogens is 286 g/mol. The number of thiazole rings is 1. The van der Waals surface area contributed by atoms with Gasteiger partial charge in [0.25, 0.3) is 0 Å². The van der Waals surface area contributed by atoms with Crippen molar-refractivity contribution in [2.75, 3.05) is 26.0 Å². The molecule has 2 aromatic heterocycles. The number of aromatic nitrogens is 3. The SMILES string of the molecule is CN(C)Cc1nnc(NCCc2nc3ccccc3s2)o1. The van der Waals surface area contributed by atoms with Crippen LogP contribution >= 0.6 is 11.3 Å². The molecule has 0 saturated carbocycles. The molecular formula is C14H17N5OS. The fourth-order valence-electron chi connectivity index (χ4n) is 1.96. The first-order chi connectivity index (χ1) is 10.2. The van der Waals surface area contributed by atoms with E-state index in [1.807, 2.05) is 37.2 Å². The molecule has 7 heteroatoms. The summed E-state index contributed by atoms with van der Waals surface area (Å²) in [5.41, 5.74) is 1.06. The van der Waals surface area contributed by atoms with Gasteiger partial charge in [0.2, 0.25) is 5.89 Å². The second-order valence-corrected chi connectivity index (χ2v) is 6.11. The number of hydrogen-bond acceptors (Lipinski definition) is 7. The third kappa shape index (κ3) is 3.56. The van der Waals surface area contributed by atoms with Crippen molar-refractivity contribution in [2.45, 2.75) is 13.0 Å². The summed E-state index contributed by atoms with van der Waals surface area (Å²) in [6.45, 7) is 1.37. The van der Waals surface area contributed by atoms with Gasteiger partial charge in [-0.15, -0.1) is 16.4 Å². The molecule has 0 spiro atoms. The van der Waals surface area contributed by atoms with Gasteiger partial charge in [0.1, 0.15) is 0 Å². The van der Waals surface area contributed by atoms with Gasteiger partial charge in [0.05, 0.1) is 21.8 Å². The predicted octanol–water partition coefficient (Wildman–Crippen LogP) is 2.40. The summed E-state index contributed by atoms with van der Waals surface area (Å²) in [6, 6.07) is 8.64. The third-order valence-electron chi connectivity index (χ3n) is 2.87. The lowest BCUT2D eigenvalue weighted by molar-refractivity contribution is 0.344. The predicted molar refractivity (Wildman–Crippen MR) is 83.5 cm³/mol. The average molecular weight is 303 g/mol. The fourth-order valence-corrected chi connectivity index (χ4v) is 2.93. The molecule has 0 amide bonds. The Hall–Kier alpha value is -1.99. The number of nitrogens with zero attached hydrogens (tertiary/aromatic N) is 4. The Labute approximate surface area is 126 Å². The number of benzene rings is 1. The van der Waals surface area contributed by atoms with Gasteiger partial charge in [-0.1, -0.05) is 17.2 Å². The van der Waals surface area contributed by atoms with E-state index in [0.29, 0.717) is 18.5 Å². The van der Waals surface area contributed by atoms with Gasteiger partial charge in [0.15, 0.2) is 0 Å². The molecule has 0 aliphatic rings. The molecule has 0 unspecified atom stereocenters. The molecule has 3 aromatic rings. The van der Waals surface area contributed by atoms with Crippen LogP contribution < -0.4 is 5.32 Å². The minimum absolute atomic E-state index is 0.466. The van der Waals surface area contributed by atoms with Crippen molar-refractivity contribution in [1.29, 1.82) is 0 Å². The monoisotopic (exact) mass is 303 g/mol. The standard InChI is InChI=1S/C14H17N5OS/c1-19(2)9-12-17-18-14(20-12)15-8-7-13-16-10-5-3-4-6-11(10)21-13/h3-6H,7-9H2,1-2H3,(H,15,18). The van der Waals surface area contributed by atoms with Crippen LogP contribution in [0.15, 0.2) is 28.7 Å². The molecule has 0 atom stereocenters. The quantitative estimate of drug-likeness (QED) is 0.754. The third-order valence-corrected chi connectivity index (χ3v) is 3.97. The first kappa shape index (κ1) is 14.0. The number of hydrogen-bond donors (Lipinski definition) is 1. The van der Waals surface area contributed by atoms with Crippen LogP contribution in [0.1, 0.15) is 10.9 Å². The van der Waals surface area contributed by atoms with E-state index in [1.165, 1.54) is 4.70 Å². The van der Waals surface area contributed by atoms with E-state index in [2.05, 4.69) is 26.6 Å². The second-order valence-electron chi connectivity index (χ2n) is 4.99. The molecule has 6 nitrogen and oxygen atoms in total. The number of fused-ring (bicyclic) bond motifs is 1. The molecule has 0 aliphatic heterocycles. The lowest BCUT2D eigenvalue weighted by atomic mass is 10.3. The van der Waals surface area contributed by atoms with Crippen LogP contribution in [0.4, 0.5) is 6.01 Å². The number of nitrogens with one attached hydrogen (secondary N) is 1. The van der Waals surface area contributed by atoms with Gasteiger partial charge in [-0.3, -0.25) is 0 Å². The van der Waals surface area contributed by atoms with Crippen LogP contribution in [0.5, 0.6) is 0 Å². The van der Waals surface area contributed by atoms with Crippen molar-refractivity contribution in [2.24, 2.45) is 0 Å². The Balaban J connectivity index is 1.54. The highest BCUT2D eigenvalue weighted by molar-refractivity contribution is 7.18. The molecule has 3 rings (SSSR count). The summed E-state index contributed by atoms with van der Waals surface area (Å²) in [4.78, 5) is 6.58. The van der Waals surface area contributed by atoms with Crippen LogP contribution in [-0.4, -0.2) is 40.7 Å². The van der Waals surface area contributed by atoms with E-state index in [4.69, 9.17) is 4.42 Å². The number of rotatable bonds is 6. The molecule has 0 saturated heterocycles. The van der Waals surface area contributed by atoms with E-state index in [9.17, 15) is 0 Å². The summed E-state index contributed by atoms with van der Waals surface area (Å²) >= 11 is 1.72. The van der Waals surface area contributed by atoms with Crippen molar-refractivity contribution in [3.8, 4) is 0 Å². The zero-order valence-corrected chi connectivity index (χ0v) is 12.9. The summed E-state index contributed by atoms with van der Waals surface area (Å²) < 4.78 is 6.72. The van der Waals surface area contributed by atoms with Crippen LogP contribution in [0.2, 0.25) is 0 Å². The topological polar surface area (TPSA) is 67.1 Å². The minimum atomic E-state index is 0.466. The Morgan fingerprint density at radius 3 is 2.90 bits per heavy atom. The molecule has 1 N–H and O–H groups in total. The van der Waals surface area contributed by atoms with Crippen LogP contribution in [0, 0.1) is 0 Å². The molecule has 0 bridgehead atoms. The van der Waals surface area contributed by atoms with E-state index >= 15 is 0 Å². The first-order valence-corrected chi connectivity index (χ1v) is 7.58. The van der Waals surface area contributed by atoms with Gasteiger partial charge in [-0.05, 0) is 26.2 Å². The number of anilines is 1. The molecule has 0 aliphatic carbocycles. The molecule has 110 valence electrons. The first-order valence-electron chi connectivity index (χ1n) is 6.76. The molecule has 2 heterocycles. The largest absolute Gasteiger partial charge is 0.407 e. The maximum atomic E-state index is 5.50. The van der Waals surface area contributed by atoms with E-state index < -0.39 is 0 Å². The van der Waals surface area contributed by atoms with Crippen LogP contribution in [-0.2, 0) is 13.0 Å². The fraction of sp³-hybridized carbons (Fsp3) is 0.357. The second kappa shape index (κ2) is 6.19. The molecule has 21 heavy (non-hydrogen) atoms. The van der Waals surface area contributed by atoms with E-state index in [-0.39, 0.29) is 0 Å².